The Bertz CT molecular complexity index is 866. The first-order valence-corrected chi connectivity index (χ1v) is 12.4. The topological polar surface area (TPSA) is 86.7 Å². The standard InChI is InChI=1S/C24H34O5S.Na/c1-2-3-4-5-6-7-8-9-10-11-12-20-13-16-22(17-14-20)29-23-18-15-21(25)19-24(23)30(26,27)28;/h13-19,25H,2-12H2,1H3,(H,26,27,28);/q;+1/p-1. The van der Waals surface area contributed by atoms with Gasteiger partial charge in [0.25, 0.3) is 10.1 Å². The third-order valence-electron chi connectivity index (χ3n) is 5.16. The second-order valence-electron chi connectivity index (χ2n) is 7.76. The number of ether oxygens (including phenoxy) is 1. The van der Waals surface area contributed by atoms with Crippen LogP contribution < -0.4 is 39.4 Å². The number of aryl methyl sites for hydroxylation is 1. The van der Waals surface area contributed by atoms with Crippen molar-refractivity contribution in [3.63, 3.8) is 0 Å². The van der Waals surface area contributed by atoms with Gasteiger partial charge in [0.1, 0.15) is 16.4 Å². The zero-order valence-electron chi connectivity index (χ0n) is 18.8. The minimum Gasteiger partial charge on any atom is -0.872 e. The molecule has 0 bridgehead atoms. The Hall–Kier alpha value is -1.05. The van der Waals surface area contributed by atoms with Crippen molar-refractivity contribution >= 4 is 10.1 Å². The van der Waals surface area contributed by atoms with Crippen LogP contribution in [-0.2, 0) is 16.5 Å². The van der Waals surface area contributed by atoms with Crippen molar-refractivity contribution in [1.29, 1.82) is 0 Å². The van der Waals surface area contributed by atoms with Gasteiger partial charge in [-0.1, -0.05) is 82.9 Å². The van der Waals surface area contributed by atoms with Crippen molar-refractivity contribution in [3.8, 4) is 17.2 Å². The van der Waals surface area contributed by atoms with Crippen molar-refractivity contribution in [1.82, 2.24) is 0 Å². The molecule has 0 heterocycles. The summed E-state index contributed by atoms with van der Waals surface area (Å²) in [5.41, 5.74) is 1.20. The number of rotatable bonds is 14. The molecule has 166 valence electrons. The van der Waals surface area contributed by atoms with E-state index in [2.05, 4.69) is 6.92 Å². The van der Waals surface area contributed by atoms with Crippen LogP contribution in [0.25, 0.3) is 0 Å². The summed E-state index contributed by atoms with van der Waals surface area (Å²) >= 11 is 0. The van der Waals surface area contributed by atoms with E-state index in [-0.39, 0.29) is 35.3 Å². The van der Waals surface area contributed by atoms with E-state index in [1.807, 2.05) is 12.1 Å². The van der Waals surface area contributed by atoms with Crippen LogP contribution in [0.15, 0.2) is 47.4 Å². The smallest absolute Gasteiger partial charge is 0.872 e. The fraction of sp³-hybridized carbons (Fsp3) is 0.500. The molecule has 31 heavy (non-hydrogen) atoms. The van der Waals surface area contributed by atoms with Gasteiger partial charge in [0.15, 0.2) is 0 Å². The number of unbranched alkanes of at least 4 members (excludes halogenated alkanes) is 9. The second kappa shape index (κ2) is 14.9. The van der Waals surface area contributed by atoms with E-state index in [0.29, 0.717) is 5.75 Å². The normalized spacial score (nSPS) is 11.2. The minimum atomic E-state index is -4.54. The Morgan fingerprint density at radius 2 is 1.39 bits per heavy atom. The van der Waals surface area contributed by atoms with Crippen LogP contribution in [0.2, 0.25) is 0 Å². The molecule has 0 saturated heterocycles. The van der Waals surface area contributed by atoms with Crippen molar-refractivity contribution in [2.24, 2.45) is 0 Å². The third-order valence-corrected chi connectivity index (χ3v) is 6.04. The van der Waals surface area contributed by atoms with E-state index >= 15 is 0 Å². The van der Waals surface area contributed by atoms with Crippen LogP contribution >= 0.6 is 0 Å². The molecule has 2 aromatic carbocycles. The number of benzene rings is 2. The molecule has 0 aliphatic rings. The summed E-state index contributed by atoms with van der Waals surface area (Å²) in [4.78, 5) is -0.524. The summed E-state index contributed by atoms with van der Waals surface area (Å²) in [6.07, 6.45) is 14.1. The van der Waals surface area contributed by atoms with Crippen LogP contribution in [0.3, 0.4) is 0 Å². The first kappa shape index (κ1) is 28.0. The quantitative estimate of drug-likeness (QED) is 0.268. The van der Waals surface area contributed by atoms with E-state index in [4.69, 9.17) is 4.74 Å². The monoisotopic (exact) mass is 456 g/mol. The molecule has 0 spiro atoms. The molecule has 0 radical (unpaired) electrons. The molecule has 0 aromatic heterocycles. The zero-order chi connectivity index (χ0) is 21.8. The maximum Gasteiger partial charge on any atom is 1.00 e. The molecule has 1 N–H and O–H groups in total. The van der Waals surface area contributed by atoms with Gasteiger partial charge >= 0.3 is 29.6 Å². The number of hydrogen-bond donors (Lipinski definition) is 1. The third kappa shape index (κ3) is 10.9. The largest absolute Gasteiger partial charge is 1.00 e. The number of hydrogen-bond acceptors (Lipinski definition) is 4. The molecule has 0 aliphatic heterocycles. The maximum atomic E-state index is 11.5. The van der Waals surface area contributed by atoms with Gasteiger partial charge in [-0.25, -0.2) is 0 Å². The molecule has 0 aliphatic carbocycles. The second-order valence-corrected chi connectivity index (χ2v) is 9.15. The van der Waals surface area contributed by atoms with E-state index in [0.717, 1.165) is 18.9 Å². The van der Waals surface area contributed by atoms with Crippen molar-refractivity contribution in [3.05, 3.63) is 48.0 Å². The van der Waals surface area contributed by atoms with Crippen LogP contribution in [-0.4, -0.2) is 13.0 Å². The van der Waals surface area contributed by atoms with Crippen LogP contribution in [0.5, 0.6) is 17.2 Å². The summed E-state index contributed by atoms with van der Waals surface area (Å²) in [7, 11) is -4.54. The van der Waals surface area contributed by atoms with Crippen LogP contribution in [0.4, 0.5) is 0 Å². The average Bonchev–Trinajstić information content (AvgIpc) is 2.71. The molecule has 0 fully saturated rings. The van der Waals surface area contributed by atoms with Crippen molar-refractivity contribution < 1.29 is 52.4 Å². The molecule has 0 saturated carbocycles. The summed E-state index contributed by atoms with van der Waals surface area (Å²) in [5.74, 6) is -0.133. The van der Waals surface area contributed by atoms with Gasteiger partial charge in [-0.15, -0.1) is 5.75 Å². The summed E-state index contributed by atoms with van der Waals surface area (Å²) in [5, 5.41) is 11.4. The van der Waals surface area contributed by atoms with Gasteiger partial charge in [-0.05, 0) is 42.7 Å². The Morgan fingerprint density at radius 1 is 0.839 bits per heavy atom. The maximum absolute atomic E-state index is 11.5. The van der Waals surface area contributed by atoms with Gasteiger partial charge in [0.2, 0.25) is 0 Å². The van der Waals surface area contributed by atoms with Gasteiger partial charge in [0, 0.05) is 0 Å². The molecule has 5 nitrogen and oxygen atoms in total. The molecule has 0 unspecified atom stereocenters. The van der Waals surface area contributed by atoms with E-state index in [1.165, 1.54) is 75.5 Å². The summed E-state index contributed by atoms with van der Waals surface area (Å²) < 4.78 is 37.8. The zero-order valence-corrected chi connectivity index (χ0v) is 21.6. The molecule has 7 heteroatoms. The predicted octanol–water partition coefficient (Wildman–Crippen LogP) is 3.27. The minimum absolute atomic E-state index is 0. The first-order valence-electron chi connectivity index (χ1n) is 11.0. The van der Waals surface area contributed by atoms with E-state index in [9.17, 15) is 18.1 Å². The first-order chi connectivity index (χ1) is 14.4. The van der Waals surface area contributed by atoms with Crippen molar-refractivity contribution in [2.75, 3.05) is 0 Å². The molecule has 2 aromatic rings. The molecular weight excluding hydrogens is 423 g/mol. The molecule has 0 atom stereocenters. The molecule has 2 rings (SSSR count). The van der Waals surface area contributed by atoms with Gasteiger partial charge in [-0.3, -0.25) is 4.55 Å². The average molecular weight is 457 g/mol. The Balaban J connectivity index is 0.00000480. The van der Waals surface area contributed by atoms with Crippen LogP contribution in [0, 0.1) is 0 Å². The van der Waals surface area contributed by atoms with E-state index < -0.39 is 20.8 Å². The molecule has 0 amide bonds. The van der Waals surface area contributed by atoms with E-state index in [1.54, 1.807) is 12.1 Å². The predicted molar refractivity (Wildman–Crippen MR) is 118 cm³/mol. The Kier molecular flexibility index (Phi) is 13.5. The SMILES string of the molecule is CCCCCCCCCCCCc1ccc(Oc2ccc([O-])cc2S(=O)(=O)O)cc1.[Na+]. The van der Waals surface area contributed by atoms with Gasteiger partial charge < -0.3 is 9.84 Å². The summed E-state index contributed by atoms with van der Waals surface area (Å²) in [6, 6.07) is 10.8. The fourth-order valence-electron chi connectivity index (χ4n) is 3.44. The van der Waals surface area contributed by atoms with Crippen molar-refractivity contribution in [2.45, 2.75) is 82.4 Å². The fourth-order valence-corrected chi connectivity index (χ4v) is 4.07. The van der Waals surface area contributed by atoms with Gasteiger partial charge in [-0.2, -0.15) is 8.42 Å². The Morgan fingerprint density at radius 3 is 1.94 bits per heavy atom. The Labute approximate surface area is 209 Å². The summed E-state index contributed by atoms with van der Waals surface area (Å²) in [6.45, 7) is 2.24. The van der Waals surface area contributed by atoms with Crippen LogP contribution in [0.1, 0.15) is 76.7 Å². The van der Waals surface area contributed by atoms with Gasteiger partial charge in [0.05, 0.1) is 0 Å². The molecular formula is C24H33NaO5S.